The van der Waals surface area contributed by atoms with Gasteiger partial charge in [-0.2, -0.15) is 5.10 Å². The molecular weight excluding hydrogens is 346 g/mol. The van der Waals surface area contributed by atoms with Crippen LogP contribution in [0.25, 0.3) is 22.3 Å². The molecule has 1 fully saturated rings. The lowest BCUT2D eigenvalue weighted by atomic mass is 10.0. The number of carbonyl (C=O) groups is 1. The van der Waals surface area contributed by atoms with Crippen LogP contribution < -0.4 is 10.1 Å². The van der Waals surface area contributed by atoms with Gasteiger partial charge in [-0.1, -0.05) is 0 Å². The zero-order valence-corrected chi connectivity index (χ0v) is 15.2. The maximum atomic E-state index is 13.2. The van der Waals surface area contributed by atoms with E-state index in [4.69, 9.17) is 4.74 Å². The van der Waals surface area contributed by atoms with Gasteiger partial charge in [-0.05, 0) is 25.1 Å². The van der Waals surface area contributed by atoms with E-state index in [-0.39, 0.29) is 11.7 Å². The van der Waals surface area contributed by atoms with E-state index in [1.54, 1.807) is 18.2 Å². The van der Waals surface area contributed by atoms with Gasteiger partial charge in [0, 0.05) is 43.5 Å². The number of aromatic amines is 1. The molecule has 8 nitrogen and oxygen atoms in total. The standard InChI is InChI=1S/C19H21N5O3/c1-11-17-14(19(26)24-7-5-20-6-8-24)10-15(21-18(17)23-22-11)13-4-3-12(25)9-16(13)27-2/h3-4,9-10,20,25H,5-8H2,1-2H3,(H,21,22,23). The fourth-order valence-electron chi connectivity index (χ4n) is 3.41. The molecule has 0 bridgehead atoms. The molecule has 3 aromatic rings. The van der Waals surface area contributed by atoms with Gasteiger partial charge in [0.05, 0.1) is 23.8 Å². The Kier molecular flexibility index (Phi) is 4.41. The van der Waals surface area contributed by atoms with Gasteiger partial charge in [-0.15, -0.1) is 0 Å². The minimum Gasteiger partial charge on any atom is -0.508 e. The van der Waals surface area contributed by atoms with E-state index >= 15 is 0 Å². The first-order chi connectivity index (χ1) is 13.1. The number of fused-ring (bicyclic) bond motifs is 1. The quantitative estimate of drug-likeness (QED) is 0.651. The molecule has 0 saturated carbocycles. The molecule has 0 atom stereocenters. The first kappa shape index (κ1) is 17.3. The van der Waals surface area contributed by atoms with Gasteiger partial charge < -0.3 is 20.1 Å². The average molecular weight is 367 g/mol. The molecule has 0 aliphatic carbocycles. The normalized spacial score (nSPS) is 14.5. The second-order valence-electron chi connectivity index (χ2n) is 6.53. The number of aromatic nitrogens is 3. The lowest BCUT2D eigenvalue weighted by molar-refractivity contribution is 0.0737. The number of aryl methyl sites for hydroxylation is 1. The molecule has 140 valence electrons. The Balaban J connectivity index is 1.88. The monoisotopic (exact) mass is 367 g/mol. The molecule has 0 radical (unpaired) electrons. The van der Waals surface area contributed by atoms with E-state index in [2.05, 4.69) is 20.5 Å². The Morgan fingerprint density at radius 2 is 2.04 bits per heavy atom. The number of pyridine rings is 1. The number of rotatable bonds is 3. The third-order valence-electron chi connectivity index (χ3n) is 4.80. The van der Waals surface area contributed by atoms with E-state index in [1.807, 2.05) is 11.8 Å². The van der Waals surface area contributed by atoms with Crippen LogP contribution in [-0.2, 0) is 0 Å². The maximum Gasteiger partial charge on any atom is 0.254 e. The fourth-order valence-corrected chi connectivity index (χ4v) is 3.41. The van der Waals surface area contributed by atoms with Gasteiger partial charge in [0.1, 0.15) is 11.5 Å². The van der Waals surface area contributed by atoms with Crippen molar-refractivity contribution in [2.75, 3.05) is 33.3 Å². The van der Waals surface area contributed by atoms with Gasteiger partial charge in [0.25, 0.3) is 5.91 Å². The summed E-state index contributed by atoms with van der Waals surface area (Å²) in [5.74, 6) is 0.548. The van der Waals surface area contributed by atoms with E-state index in [0.717, 1.165) is 24.2 Å². The summed E-state index contributed by atoms with van der Waals surface area (Å²) in [6, 6.07) is 6.59. The van der Waals surface area contributed by atoms with Crippen LogP contribution in [0.5, 0.6) is 11.5 Å². The molecule has 0 spiro atoms. The van der Waals surface area contributed by atoms with E-state index in [1.165, 1.54) is 13.2 Å². The topological polar surface area (TPSA) is 103 Å². The Morgan fingerprint density at radius 3 is 2.78 bits per heavy atom. The molecule has 3 heterocycles. The summed E-state index contributed by atoms with van der Waals surface area (Å²) in [5, 5.41) is 20.9. The minimum absolute atomic E-state index is 0.0348. The number of phenolic OH excluding ortho intramolecular Hbond substituents is 1. The third-order valence-corrected chi connectivity index (χ3v) is 4.80. The number of amides is 1. The number of hydrogen-bond acceptors (Lipinski definition) is 6. The number of piperazine rings is 1. The second kappa shape index (κ2) is 6.88. The van der Waals surface area contributed by atoms with Crippen LogP contribution in [0, 0.1) is 6.92 Å². The molecule has 1 aliphatic rings. The Morgan fingerprint density at radius 1 is 1.26 bits per heavy atom. The molecule has 1 aliphatic heterocycles. The van der Waals surface area contributed by atoms with Gasteiger partial charge >= 0.3 is 0 Å². The first-order valence-corrected chi connectivity index (χ1v) is 8.81. The number of H-pyrrole nitrogens is 1. The van der Waals surface area contributed by atoms with Crippen LogP contribution in [0.15, 0.2) is 24.3 Å². The molecular formula is C19H21N5O3. The average Bonchev–Trinajstić information content (AvgIpc) is 3.08. The van der Waals surface area contributed by atoms with Crippen LogP contribution in [0.3, 0.4) is 0 Å². The van der Waals surface area contributed by atoms with Gasteiger partial charge in [0.15, 0.2) is 5.65 Å². The van der Waals surface area contributed by atoms with Gasteiger partial charge in [-0.25, -0.2) is 4.98 Å². The first-order valence-electron chi connectivity index (χ1n) is 8.81. The zero-order chi connectivity index (χ0) is 19.0. The highest BCUT2D eigenvalue weighted by Gasteiger charge is 2.24. The highest BCUT2D eigenvalue weighted by molar-refractivity contribution is 6.07. The highest BCUT2D eigenvalue weighted by atomic mass is 16.5. The predicted octanol–water partition coefficient (Wildman–Crippen LogP) is 1.69. The summed E-state index contributed by atoms with van der Waals surface area (Å²) >= 11 is 0. The summed E-state index contributed by atoms with van der Waals surface area (Å²) in [6.45, 7) is 4.77. The van der Waals surface area contributed by atoms with E-state index in [9.17, 15) is 9.90 Å². The van der Waals surface area contributed by atoms with Crippen molar-refractivity contribution in [3.8, 4) is 22.8 Å². The fraction of sp³-hybridized carbons (Fsp3) is 0.316. The van der Waals surface area contributed by atoms with Gasteiger partial charge in [0.2, 0.25) is 0 Å². The molecule has 27 heavy (non-hydrogen) atoms. The van der Waals surface area contributed by atoms with Crippen LogP contribution in [0.1, 0.15) is 16.1 Å². The minimum atomic E-state index is -0.0348. The van der Waals surface area contributed by atoms with Crippen molar-refractivity contribution in [3.63, 3.8) is 0 Å². The van der Waals surface area contributed by atoms with Crippen LogP contribution >= 0.6 is 0 Å². The molecule has 8 heteroatoms. The maximum absolute atomic E-state index is 13.2. The number of benzene rings is 1. The van der Waals surface area contributed by atoms with Crippen molar-refractivity contribution < 1.29 is 14.6 Å². The predicted molar refractivity (Wildman–Crippen MR) is 101 cm³/mol. The number of nitrogens with one attached hydrogen (secondary N) is 2. The van der Waals surface area contributed by atoms with Crippen molar-refractivity contribution in [1.82, 2.24) is 25.4 Å². The summed E-state index contributed by atoms with van der Waals surface area (Å²) in [7, 11) is 1.53. The molecule has 2 aromatic heterocycles. The molecule has 4 rings (SSSR count). The van der Waals surface area contributed by atoms with Crippen LogP contribution in [0.4, 0.5) is 0 Å². The summed E-state index contributed by atoms with van der Waals surface area (Å²) < 4.78 is 5.38. The van der Waals surface area contributed by atoms with Crippen molar-refractivity contribution in [3.05, 3.63) is 35.5 Å². The molecule has 1 amide bonds. The van der Waals surface area contributed by atoms with E-state index < -0.39 is 0 Å². The number of carbonyl (C=O) groups excluding carboxylic acids is 1. The lowest BCUT2D eigenvalue weighted by Gasteiger charge is -2.27. The van der Waals surface area contributed by atoms with Crippen molar-refractivity contribution in [2.24, 2.45) is 0 Å². The number of nitrogens with zero attached hydrogens (tertiary/aromatic N) is 3. The largest absolute Gasteiger partial charge is 0.508 e. The number of ether oxygens (including phenoxy) is 1. The van der Waals surface area contributed by atoms with Crippen LogP contribution in [-0.4, -0.2) is 64.4 Å². The zero-order valence-electron chi connectivity index (χ0n) is 15.2. The number of aromatic hydroxyl groups is 1. The Bertz CT molecular complexity index is 1010. The summed E-state index contributed by atoms with van der Waals surface area (Å²) in [5.41, 5.74) is 3.12. The molecule has 0 unspecified atom stereocenters. The SMILES string of the molecule is COc1cc(O)ccc1-c1cc(C(=O)N2CCNCC2)c2c(C)[nH]nc2n1. The summed E-state index contributed by atoms with van der Waals surface area (Å²) in [4.78, 5) is 19.7. The van der Waals surface area contributed by atoms with Crippen LogP contribution in [0.2, 0.25) is 0 Å². The Hall–Kier alpha value is -3.13. The van der Waals surface area contributed by atoms with Crippen molar-refractivity contribution in [2.45, 2.75) is 6.92 Å². The number of hydrogen-bond donors (Lipinski definition) is 3. The van der Waals surface area contributed by atoms with Crippen molar-refractivity contribution in [1.29, 1.82) is 0 Å². The van der Waals surface area contributed by atoms with Gasteiger partial charge in [-0.3, -0.25) is 9.89 Å². The Labute approximate surface area is 156 Å². The molecule has 3 N–H and O–H groups in total. The molecule has 1 aromatic carbocycles. The lowest BCUT2D eigenvalue weighted by Crippen LogP contribution is -2.46. The molecule has 1 saturated heterocycles. The smallest absolute Gasteiger partial charge is 0.254 e. The highest BCUT2D eigenvalue weighted by Crippen LogP contribution is 2.34. The summed E-state index contributed by atoms with van der Waals surface area (Å²) in [6.07, 6.45) is 0. The number of methoxy groups -OCH3 is 1. The number of phenols is 1. The van der Waals surface area contributed by atoms with E-state index in [0.29, 0.717) is 41.3 Å². The van der Waals surface area contributed by atoms with Crippen molar-refractivity contribution >= 4 is 16.9 Å². The third kappa shape index (κ3) is 3.08. The second-order valence-corrected chi connectivity index (χ2v) is 6.53.